The van der Waals surface area contributed by atoms with E-state index in [1.165, 1.54) is 23.8 Å². The van der Waals surface area contributed by atoms with Crippen LogP contribution in [-0.2, 0) is 6.42 Å². The third-order valence-corrected chi connectivity index (χ3v) is 7.56. The number of fused-ring (bicyclic) bond motifs is 2. The van der Waals surface area contributed by atoms with E-state index in [1.807, 2.05) is 19.3 Å². The summed E-state index contributed by atoms with van der Waals surface area (Å²) in [6.07, 6.45) is 9.81. The molecule has 0 spiro atoms. The summed E-state index contributed by atoms with van der Waals surface area (Å²) in [5.74, 6) is 3.11. The van der Waals surface area contributed by atoms with Gasteiger partial charge in [0, 0.05) is 25.2 Å². The number of aliphatic hydroxyl groups is 1. The first kappa shape index (κ1) is 21.4. The van der Waals surface area contributed by atoms with Gasteiger partial charge >= 0.3 is 0 Å². The normalized spacial score (nSPS) is 22.5. The summed E-state index contributed by atoms with van der Waals surface area (Å²) in [4.78, 5) is 13.6. The predicted molar refractivity (Wildman–Crippen MR) is 136 cm³/mol. The second-order valence-electron chi connectivity index (χ2n) is 9.99. The number of aryl methyl sites for hydroxylation is 1. The Hall–Kier alpha value is -3.19. The van der Waals surface area contributed by atoms with Crippen LogP contribution in [0, 0.1) is 11.8 Å². The third kappa shape index (κ3) is 4.20. The van der Waals surface area contributed by atoms with Crippen molar-refractivity contribution in [2.45, 2.75) is 50.7 Å². The highest BCUT2D eigenvalue weighted by atomic mass is 16.3. The highest BCUT2D eigenvalue weighted by Gasteiger charge is 2.34. The minimum Gasteiger partial charge on any atom is -0.391 e. The lowest BCUT2D eigenvalue weighted by Gasteiger charge is -2.17. The SMILES string of the molecule is CNc1ncnc2c1ccn2[C@@H]1C[C@H](CCc2ccc3ccc(NCC4CC4)nc3c2)C[C@H]1O. The topological polar surface area (TPSA) is 87.9 Å². The van der Waals surface area contributed by atoms with E-state index < -0.39 is 0 Å². The highest BCUT2D eigenvalue weighted by Crippen LogP contribution is 2.39. The number of pyridine rings is 1. The van der Waals surface area contributed by atoms with Gasteiger partial charge in [0.1, 0.15) is 23.6 Å². The maximum Gasteiger partial charge on any atom is 0.145 e. The van der Waals surface area contributed by atoms with E-state index >= 15 is 0 Å². The Balaban J connectivity index is 1.13. The van der Waals surface area contributed by atoms with E-state index in [2.05, 4.69) is 55.5 Å². The number of aliphatic hydroxyl groups excluding tert-OH is 1. The smallest absolute Gasteiger partial charge is 0.145 e. The van der Waals surface area contributed by atoms with Gasteiger partial charge in [-0.05, 0) is 80.2 Å². The summed E-state index contributed by atoms with van der Waals surface area (Å²) >= 11 is 0. The lowest BCUT2D eigenvalue weighted by molar-refractivity contribution is 0.136. The molecular formula is C27H32N6O. The van der Waals surface area contributed by atoms with Crippen LogP contribution >= 0.6 is 0 Å². The van der Waals surface area contributed by atoms with Crippen LogP contribution in [0.3, 0.4) is 0 Å². The lowest BCUT2D eigenvalue weighted by atomic mass is 9.97. The van der Waals surface area contributed by atoms with E-state index in [4.69, 9.17) is 4.98 Å². The molecule has 2 fully saturated rings. The van der Waals surface area contributed by atoms with Gasteiger partial charge in [-0.3, -0.25) is 0 Å². The van der Waals surface area contributed by atoms with Crippen LogP contribution in [0.15, 0.2) is 48.9 Å². The van der Waals surface area contributed by atoms with Crippen molar-refractivity contribution in [3.8, 4) is 0 Å². The van der Waals surface area contributed by atoms with Crippen molar-refractivity contribution >= 4 is 33.6 Å². The largest absolute Gasteiger partial charge is 0.391 e. The van der Waals surface area contributed by atoms with Crippen molar-refractivity contribution in [2.75, 3.05) is 24.2 Å². The second-order valence-corrected chi connectivity index (χ2v) is 9.99. The van der Waals surface area contributed by atoms with Crippen LogP contribution < -0.4 is 10.6 Å². The van der Waals surface area contributed by atoms with Gasteiger partial charge in [0.2, 0.25) is 0 Å². The maximum atomic E-state index is 10.9. The molecule has 3 aromatic heterocycles. The molecule has 7 heteroatoms. The Labute approximate surface area is 199 Å². The van der Waals surface area contributed by atoms with Gasteiger partial charge in [-0.15, -0.1) is 0 Å². The van der Waals surface area contributed by atoms with Gasteiger partial charge in [-0.2, -0.15) is 0 Å². The second kappa shape index (κ2) is 8.87. The summed E-state index contributed by atoms with van der Waals surface area (Å²) < 4.78 is 2.14. The minimum atomic E-state index is -0.355. The van der Waals surface area contributed by atoms with Gasteiger partial charge in [0.05, 0.1) is 23.0 Å². The van der Waals surface area contributed by atoms with E-state index in [-0.39, 0.29) is 12.1 Å². The Morgan fingerprint density at radius 2 is 1.94 bits per heavy atom. The number of aromatic nitrogens is 4. The number of hydrogen-bond donors (Lipinski definition) is 3. The molecule has 0 aliphatic heterocycles. The average Bonchev–Trinajstić information content (AvgIpc) is 3.48. The number of rotatable bonds is 8. The van der Waals surface area contributed by atoms with Gasteiger partial charge < -0.3 is 20.3 Å². The molecule has 2 aliphatic carbocycles. The molecule has 2 saturated carbocycles. The quantitative estimate of drug-likeness (QED) is 0.353. The number of anilines is 2. The first-order valence-electron chi connectivity index (χ1n) is 12.5. The van der Waals surface area contributed by atoms with Crippen molar-refractivity contribution in [1.82, 2.24) is 19.5 Å². The van der Waals surface area contributed by atoms with Gasteiger partial charge in [-0.1, -0.05) is 12.1 Å². The van der Waals surface area contributed by atoms with E-state index in [9.17, 15) is 5.11 Å². The fourth-order valence-electron chi connectivity index (χ4n) is 5.42. The molecule has 176 valence electrons. The van der Waals surface area contributed by atoms with Crippen LogP contribution in [0.25, 0.3) is 21.9 Å². The summed E-state index contributed by atoms with van der Waals surface area (Å²) in [7, 11) is 1.87. The fraction of sp³-hybridized carbons (Fsp3) is 0.444. The standard InChI is InChI=1S/C27H32N6O/c1-28-26-21-10-11-33(27(21)31-16-30-26)23-13-19(14-24(23)34)5-2-17-6-7-20-8-9-25(32-22(20)12-17)29-15-18-3-4-18/h6-12,16,18-19,23-24,34H,2-5,13-15H2,1H3,(H,29,32)(H,28,30,31)/t19-,23+,24+/m0/s1. The molecule has 2 aliphatic rings. The van der Waals surface area contributed by atoms with Gasteiger partial charge in [-0.25, -0.2) is 15.0 Å². The van der Waals surface area contributed by atoms with Crippen LogP contribution in [0.2, 0.25) is 0 Å². The van der Waals surface area contributed by atoms with Crippen LogP contribution in [0.4, 0.5) is 11.6 Å². The Morgan fingerprint density at radius 3 is 2.79 bits per heavy atom. The molecule has 6 rings (SSSR count). The van der Waals surface area contributed by atoms with E-state index in [1.54, 1.807) is 6.33 Å². The van der Waals surface area contributed by atoms with E-state index in [0.29, 0.717) is 5.92 Å². The first-order valence-corrected chi connectivity index (χ1v) is 12.5. The van der Waals surface area contributed by atoms with Gasteiger partial charge in [0.15, 0.2) is 0 Å². The average molecular weight is 457 g/mol. The molecule has 7 nitrogen and oxygen atoms in total. The monoisotopic (exact) mass is 456 g/mol. The molecule has 4 aromatic rings. The molecule has 3 N–H and O–H groups in total. The van der Waals surface area contributed by atoms with Crippen molar-refractivity contribution in [2.24, 2.45) is 11.8 Å². The number of nitrogens with zero attached hydrogens (tertiary/aromatic N) is 4. The zero-order valence-corrected chi connectivity index (χ0v) is 19.6. The molecule has 0 unspecified atom stereocenters. The Morgan fingerprint density at radius 1 is 1.06 bits per heavy atom. The first-order chi connectivity index (χ1) is 16.7. The number of benzene rings is 1. The molecule has 0 bridgehead atoms. The van der Waals surface area contributed by atoms with Crippen LogP contribution in [0.1, 0.15) is 43.7 Å². The summed E-state index contributed by atoms with van der Waals surface area (Å²) in [5, 5.41) is 19.7. The van der Waals surface area contributed by atoms with Crippen LogP contribution in [0.5, 0.6) is 0 Å². The summed E-state index contributed by atoms with van der Waals surface area (Å²) in [6.45, 7) is 1.03. The molecule has 0 radical (unpaired) electrons. The van der Waals surface area contributed by atoms with Crippen molar-refractivity contribution in [3.63, 3.8) is 0 Å². The molecule has 0 saturated heterocycles. The highest BCUT2D eigenvalue weighted by molar-refractivity contribution is 5.87. The minimum absolute atomic E-state index is 0.0560. The number of hydrogen-bond acceptors (Lipinski definition) is 6. The Bertz CT molecular complexity index is 1310. The molecule has 0 amide bonds. The molecule has 34 heavy (non-hydrogen) atoms. The molecule has 3 heterocycles. The molecular weight excluding hydrogens is 424 g/mol. The van der Waals surface area contributed by atoms with Crippen LogP contribution in [-0.4, -0.2) is 44.3 Å². The summed E-state index contributed by atoms with van der Waals surface area (Å²) in [6, 6.07) is 13.0. The number of nitrogens with one attached hydrogen (secondary N) is 2. The van der Waals surface area contributed by atoms with Crippen molar-refractivity contribution < 1.29 is 5.11 Å². The van der Waals surface area contributed by atoms with Crippen molar-refractivity contribution in [3.05, 3.63) is 54.5 Å². The molecule has 3 atom stereocenters. The lowest BCUT2D eigenvalue weighted by Crippen LogP contribution is -2.17. The molecule has 1 aromatic carbocycles. The maximum absolute atomic E-state index is 10.9. The third-order valence-electron chi connectivity index (χ3n) is 7.56. The zero-order chi connectivity index (χ0) is 23.1. The zero-order valence-electron chi connectivity index (χ0n) is 19.6. The summed E-state index contributed by atoms with van der Waals surface area (Å²) in [5.41, 5.74) is 3.26. The Kier molecular flexibility index (Phi) is 5.57. The predicted octanol–water partition coefficient (Wildman–Crippen LogP) is 4.79. The van der Waals surface area contributed by atoms with Crippen molar-refractivity contribution in [1.29, 1.82) is 0 Å². The fourth-order valence-corrected chi connectivity index (χ4v) is 5.42. The van der Waals surface area contributed by atoms with Gasteiger partial charge in [0.25, 0.3) is 0 Å². The van der Waals surface area contributed by atoms with E-state index in [0.717, 1.165) is 66.3 Å².